The zero-order valence-electron chi connectivity index (χ0n) is 10.2. The average Bonchev–Trinajstić information content (AvgIpc) is 2.27. The molecule has 1 saturated carbocycles. The standard InChI is InChI=1S/C11H17F3N2O3/c12-11(13,14)6-2-1-3-7(4-6)16-10(19)8(15)5-9(17)18/h6-8H,1-5,15H2,(H,16,19)(H,17,18). The molecule has 19 heavy (non-hydrogen) atoms. The number of carbonyl (C=O) groups excluding carboxylic acids is 1. The Balaban J connectivity index is 2.48. The van der Waals surface area contributed by atoms with Crippen molar-refractivity contribution >= 4 is 11.9 Å². The van der Waals surface area contributed by atoms with Gasteiger partial charge in [0.05, 0.1) is 18.4 Å². The summed E-state index contributed by atoms with van der Waals surface area (Å²) in [4.78, 5) is 21.9. The van der Waals surface area contributed by atoms with E-state index in [1.54, 1.807) is 0 Å². The second kappa shape index (κ2) is 6.23. The Morgan fingerprint density at radius 2 is 2.00 bits per heavy atom. The Labute approximate surface area is 108 Å². The van der Waals surface area contributed by atoms with E-state index in [4.69, 9.17) is 10.8 Å². The number of carboxylic acid groups (broad SMARTS) is 1. The summed E-state index contributed by atoms with van der Waals surface area (Å²) in [5, 5.41) is 10.9. The van der Waals surface area contributed by atoms with Gasteiger partial charge in [-0.3, -0.25) is 9.59 Å². The predicted octanol–water partition coefficient (Wildman–Crippen LogP) is 1.03. The molecule has 0 aromatic rings. The predicted molar refractivity (Wildman–Crippen MR) is 60.2 cm³/mol. The second-order valence-corrected chi connectivity index (χ2v) is 4.82. The molecule has 110 valence electrons. The van der Waals surface area contributed by atoms with E-state index >= 15 is 0 Å². The third-order valence-electron chi connectivity index (χ3n) is 3.21. The van der Waals surface area contributed by atoms with Crippen molar-refractivity contribution in [2.45, 2.75) is 50.4 Å². The molecule has 1 aliphatic rings. The van der Waals surface area contributed by atoms with Crippen LogP contribution in [0, 0.1) is 5.92 Å². The lowest BCUT2D eigenvalue weighted by molar-refractivity contribution is -0.184. The Bertz CT molecular complexity index is 347. The first-order valence-electron chi connectivity index (χ1n) is 6.04. The van der Waals surface area contributed by atoms with Crippen LogP contribution in [0.1, 0.15) is 32.1 Å². The van der Waals surface area contributed by atoms with Gasteiger partial charge in [-0.1, -0.05) is 6.42 Å². The summed E-state index contributed by atoms with van der Waals surface area (Å²) in [7, 11) is 0. The SMILES string of the molecule is NC(CC(=O)O)C(=O)NC1CCCC(C(F)(F)F)C1. The molecule has 3 unspecified atom stereocenters. The molecule has 1 aliphatic carbocycles. The molecule has 0 aliphatic heterocycles. The number of rotatable bonds is 4. The van der Waals surface area contributed by atoms with Gasteiger partial charge in [-0.25, -0.2) is 0 Å². The summed E-state index contributed by atoms with van der Waals surface area (Å²) < 4.78 is 37.7. The summed E-state index contributed by atoms with van der Waals surface area (Å²) >= 11 is 0. The molecular formula is C11H17F3N2O3. The molecule has 1 fully saturated rings. The third kappa shape index (κ3) is 5.06. The maximum absolute atomic E-state index is 12.6. The summed E-state index contributed by atoms with van der Waals surface area (Å²) in [6.45, 7) is 0. The van der Waals surface area contributed by atoms with Crippen LogP contribution in [0.25, 0.3) is 0 Å². The van der Waals surface area contributed by atoms with Gasteiger partial charge >= 0.3 is 12.1 Å². The lowest BCUT2D eigenvalue weighted by Crippen LogP contribution is -2.48. The van der Waals surface area contributed by atoms with Crippen molar-refractivity contribution in [3.05, 3.63) is 0 Å². The van der Waals surface area contributed by atoms with Crippen molar-refractivity contribution in [1.29, 1.82) is 0 Å². The van der Waals surface area contributed by atoms with Crippen LogP contribution in [0.5, 0.6) is 0 Å². The van der Waals surface area contributed by atoms with Gasteiger partial charge in [0.25, 0.3) is 0 Å². The van der Waals surface area contributed by atoms with E-state index in [1.807, 2.05) is 0 Å². The number of aliphatic carboxylic acids is 1. The number of nitrogens with one attached hydrogen (secondary N) is 1. The molecule has 1 rings (SSSR count). The highest BCUT2D eigenvalue weighted by Crippen LogP contribution is 2.37. The van der Waals surface area contributed by atoms with Crippen LogP contribution in [-0.2, 0) is 9.59 Å². The fraction of sp³-hybridized carbons (Fsp3) is 0.818. The number of carbonyl (C=O) groups is 2. The van der Waals surface area contributed by atoms with Crippen LogP contribution in [0.4, 0.5) is 13.2 Å². The van der Waals surface area contributed by atoms with Crippen LogP contribution in [-0.4, -0.2) is 35.2 Å². The lowest BCUT2D eigenvalue weighted by Gasteiger charge is -2.31. The fourth-order valence-corrected chi connectivity index (χ4v) is 2.21. The topological polar surface area (TPSA) is 92.4 Å². The summed E-state index contributed by atoms with van der Waals surface area (Å²) in [6, 6.07) is -1.82. The maximum atomic E-state index is 12.6. The highest BCUT2D eigenvalue weighted by molar-refractivity contribution is 5.86. The van der Waals surface area contributed by atoms with Gasteiger partial charge in [-0.05, 0) is 19.3 Å². The molecule has 4 N–H and O–H groups in total. The van der Waals surface area contributed by atoms with Gasteiger partial charge in [-0.15, -0.1) is 0 Å². The Kier molecular flexibility index (Phi) is 5.16. The highest BCUT2D eigenvalue weighted by atomic mass is 19.4. The van der Waals surface area contributed by atoms with Gasteiger partial charge in [0.2, 0.25) is 5.91 Å². The van der Waals surface area contributed by atoms with Crippen LogP contribution in [0.2, 0.25) is 0 Å². The van der Waals surface area contributed by atoms with Crippen LogP contribution >= 0.6 is 0 Å². The second-order valence-electron chi connectivity index (χ2n) is 4.82. The Morgan fingerprint density at radius 1 is 1.37 bits per heavy atom. The lowest BCUT2D eigenvalue weighted by atomic mass is 9.85. The number of hydrogen-bond donors (Lipinski definition) is 3. The number of nitrogens with two attached hydrogens (primary N) is 1. The smallest absolute Gasteiger partial charge is 0.391 e. The quantitative estimate of drug-likeness (QED) is 0.718. The highest BCUT2D eigenvalue weighted by Gasteiger charge is 2.42. The summed E-state index contributed by atoms with van der Waals surface area (Å²) in [5.74, 6) is -3.35. The molecule has 0 heterocycles. The minimum Gasteiger partial charge on any atom is -0.481 e. The van der Waals surface area contributed by atoms with Crippen molar-refractivity contribution < 1.29 is 27.9 Å². The van der Waals surface area contributed by atoms with E-state index in [1.165, 1.54) is 0 Å². The molecule has 0 radical (unpaired) electrons. The van der Waals surface area contributed by atoms with E-state index < -0.39 is 42.5 Å². The monoisotopic (exact) mass is 282 g/mol. The van der Waals surface area contributed by atoms with Gasteiger partial charge in [0, 0.05) is 6.04 Å². The van der Waals surface area contributed by atoms with Crippen molar-refractivity contribution in [2.24, 2.45) is 11.7 Å². The van der Waals surface area contributed by atoms with E-state index in [2.05, 4.69) is 5.32 Å². The van der Waals surface area contributed by atoms with E-state index in [0.29, 0.717) is 12.8 Å². The van der Waals surface area contributed by atoms with Gasteiger partial charge in [0.1, 0.15) is 0 Å². The summed E-state index contributed by atoms with van der Waals surface area (Å²) in [5.41, 5.74) is 5.34. The van der Waals surface area contributed by atoms with Gasteiger partial charge in [0.15, 0.2) is 0 Å². The molecule has 0 bridgehead atoms. The molecule has 0 saturated heterocycles. The largest absolute Gasteiger partial charge is 0.481 e. The van der Waals surface area contributed by atoms with E-state index in [9.17, 15) is 22.8 Å². The van der Waals surface area contributed by atoms with Crippen molar-refractivity contribution in [3.8, 4) is 0 Å². The maximum Gasteiger partial charge on any atom is 0.391 e. The van der Waals surface area contributed by atoms with Crippen LogP contribution < -0.4 is 11.1 Å². The number of halogens is 3. The molecule has 0 spiro atoms. The first-order chi connectivity index (χ1) is 8.70. The normalized spacial score (nSPS) is 25.7. The first kappa shape index (κ1) is 15.7. The molecule has 8 heteroatoms. The number of alkyl halides is 3. The van der Waals surface area contributed by atoms with Crippen LogP contribution in [0.3, 0.4) is 0 Å². The number of carboxylic acids is 1. The zero-order valence-corrected chi connectivity index (χ0v) is 10.2. The minimum absolute atomic E-state index is 0.0665. The molecule has 3 atom stereocenters. The average molecular weight is 282 g/mol. The Morgan fingerprint density at radius 3 is 2.53 bits per heavy atom. The van der Waals surface area contributed by atoms with Crippen molar-refractivity contribution in [2.75, 3.05) is 0 Å². The molecule has 5 nitrogen and oxygen atoms in total. The first-order valence-corrected chi connectivity index (χ1v) is 6.04. The molecule has 0 aromatic heterocycles. The van der Waals surface area contributed by atoms with Crippen molar-refractivity contribution in [3.63, 3.8) is 0 Å². The molecule has 0 aromatic carbocycles. The molecular weight excluding hydrogens is 265 g/mol. The minimum atomic E-state index is -4.26. The summed E-state index contributed by atoms with van der Waals surface area (Å²) in [6.07, 6.45) is -4.07. The Hall–Kier alpha value is -1.31. The van der Waals surface area contributed by atoms with E-state index in [-0.39, 0.29) is 12.8 Å². The third-order valence-corrected chi connectivity index (χ3v) is 3.21. The van der Waals surface area contributed by atoms with Gasteiger partial charge < -0.3 is 16.2 Å². The number of amides is 1. The molecule has 1 amide bonds. The fourth-order valence-electron chi connectivity index (χ4n) is 2.21. The van der Waals surface area contributed by atoms with Crippen LogP contribution in [0.15, 0.2) is 0 Å². The van der Waals surface area contributed by atoms with Crippen molar-refractivity contribution in [1.82, 2.24) is 5.32 Å². The van der Waals surface area contributed by atoms with Gasteiger partial charge in [-0.2, -0.15) is 13.2 Å². The van der Waals surface area contributed by atoms with E-state index in [0.717, 1.165) is 0 Å². The zero-order chi connectivity index (χ0) is 14.6. The number of hydrogen-bond acceptors (Lipinski definition) is 3.